The summed E-state index contributed by atoms with van der Waals surface area (Å²) in [7, 11) is 1.63. The van der Waals surface area contributed by atoms with E-state index in [-0.39, 0.29) is 5.69 Å². The Morgan fingerprint density at radius 1 is 1.14 bits per heavy atom. The van der Waals surface area contributed by atoms with Gasteiger partial charge in [-0.05, 0) is 29.8 Å². The van der Waals surface area contributed by atoms with Gasteiger partial charge in [0.2, 0.25) is 0 Å². The first-order valence-corrected chi connectivity index (χ1v) is 6.62. The van der Waals surface area contributed by atoms with Gasteiger partial charge in [-0.25, -0.2) is 14.5 Å². The zero-order valence-corrected chi connectivity index (χ0v) is 11.6. The third-order valence-corrected chi connectivity index (χ3v) is 3.25. The number of methoxy groups -OCH3 is 1. The minimum absolute atomic E-state index is 0.237. The van der Waals surface area contributed by atoms with Gasteiger partial charge in [-0.1, -0.05) is 30.3 Å². The molecule has 0 aliphatic rings. The summed E-state index contributed by atoms with van der Waals surface area (Å²) in [5.74, 6) is 1.45. The molecule has 0 unspecified atom stereocenters. The molecule has 0 spiro atoms. The van der Waals surface area contributed by atoms with Gasteiger partial charge in [-0.2, -0.15) is 5.10 Å². The first-order valence-electron chi connectivity index (χ1n) is 6.62. The molecule has 0 radical (unpaired) electrons. The van der Waals surface area contributed by atoms with Crippen molar-refractivity contribution in [3.05, 3.63) is 76.5 Å². The first kappa shape index (κ1) is 13.2. The van der Waals surface area contributed by atoms with Crippen LogP contribution in [0.2, 0.25) is 0 Å². The van der Waals surface area contributed by atoms with Crippen LogP contribution in [-0.4, -0.2) is 21.9 Å². The number of hydrogen-bond acceptors (Lipinski definition) is 3. The first-order chi connectivity index (χ1) is 10.3. The highest BCUT2D eigenvalue weighted by Gasteiger charge is 2.11. The number of nitrogens with zero attached hydrogens (tertiary/aromatic N) is 2. The molecule has 0 saturated carbocycles. The van der Waals surface area contributed by atoms with Crippen molar-refractivity contribution >= 4 is 0 Å². The van der Waals surface area contributed by atoms with Gasteiger partial charge in [-0.15, -0.1) is 0 Å². The quantitative estimate of drug-likeness (QED) is 0.797. The molecule has 1 heterocycles. The van der Waals surface area contributed by atoms with Gasteiger partial charge in [0.25, 0.3) is 0 Å². The number of nitrogens with one attached hydrogen (secondary N) is 1. The van der Waals surface area contributed by atoms with E-state index in [1.807, 2.05) is 54.6 Å². The molecule has 0 saturated heterocycles. The normalized spacial score (nSPS) is 10.5. The Morgan fingerprint density at radius 2 is 1.95 bits per heavy atom. The summed E-state index contributed by atoms with van der Waals surface area (Å²) in [4.78, 5) is 12.0. The molecule has 0 amide bonds. The van der Waals surface area contributed by atoms with E-state index in [2.05, 4.69) is 10.2 Å². The summed E-state index contributed by atoms with van der Waals surface area (Å²) in [6.07, 6.45) is 0.546. The summed E-state index contributed by atoms with van der Waals surface area (Å²) in [5.41, 5.74) is 1.60. The molecule has 0 atom stereocenters. The third-order valence-electron chi connectivity index (χ3n) is 3.25. The van der Waals surface area contributed by atoms with Crippen LogP contribution in [0.3, 0.4) is 0 Å². The number of rotatable bonds is 4. The Balaban J connectivity index is 1.99. The lowest BCUT2D eigenvalue weighted by molar-refractivity contribution is 0.414. The zero-order valence-electron chi connectivity index (χ0n) is 11.6. The fourth-order valence-electron chi connectivity index (χ4n) is 2.26. The average molecular weight is 281 g/mol. The maximum atomic E-state index is 12.0. The lowest BCUT2D eigenvalue weighted by atomic mass is 10.1. The van der Waals surface area contributed by atoms with Gasteiger partial charge in [0.05, 0.1) is 12.8 Å². The monoisotopic (exact) mass is 281 g/mol. The second-order valence-electron chi connectivity index (χ2n) is 4.64. The molecule has 3 aromatic rings. The fraction of sp³-hybridized carbons (Fsp3) is 0.125. The summed E-state index contributed by atoms with van der Waals surface area (Å²) in [5, 5.41) is 6.64. The Morgan fingerprint density at radius 3 is 2.71 bits per heavy atom. The van der Waals surface area contributed by atoms with E-state index in [0.717, 1.165) is 17.0 Å². The van der Waals surface area contributed by atoms with Crippen LogP contribution in [0.4, 0.5) is 0 Å². The molecule has 0 fully saturated rings. The number of aromatic amines is 1. The number of H-pyrrole nitrogens is 1. The molecule has 1 aromatic heterocycles. The van der Waals surface area contributed by atoms with Crippen LogP contribution in [0.1, 0.15) is 11.4 Å². The molecule has 5 nitrogen and oxygen atoms in total. The van der Waals surface area contributed by atoms with Crippen LogP contribution in [0.5, 0.6) is 5.75 Å². The second kappa shape index (κ2) is 5.66. The van der Waals surface area contributed by atoms with Crippen LogP contribution in [0, 0.1) is 0 Å². The highest BCUT2D eigenvalue weighted by molar-refractivity contribution is 5.34. The lowest BCUT2D eigenvalue weighted by Gasteiger charge is -2.07. The van der Waals surface area contributed by atoms with E-state index in [1.54, 1.807) is 11.7 Å². The molecule has 21 heavy (non-hydrogen) atoms. The Bertz CT molecular complexity index is 791. The predicted molar refractivity (Wildman–Crippen MR) is 80.0 cm³/mol. The van der Waals surface area contributed by atoms with E-state index in [4.69, 9.17) is 4.74 Å². The average Bonchev–Trinajstić information content (AvgIpc) is 2.89. The summed E-state index contributed by atoms with van der Waals surface area (Å²) in [6, 6.07) is 17.2. The predicted octanol–water partition coefficient (Wildman–Crippen LogP) is 2.16. The van der Waals surface area contributed by atoms with Crippen LogP contribution in [-0.2, 0) is 6.42 Å². The van der Waals surface area contributed by atoms with E-state index in [0.29, 0.717) is 12.2 Å². The largest absolute Gasteiger partial charge is 0.497 e. The van der Waals surface area contributed by atoms with Crippen molar-refractivity contribution in [1.29, 1.82) is 0 Å². The molecule has 0 aliphatic heterocycles. The molecule has 3 rings (SSSR count). The Hall–Kier alpha value is -2.82. The van der Waals surface area contributed by atoms with Gasteiger partial charge in [0, 0.05) is 6.42 Å². The molecule has 0 aliphatic carbocycles. The smallest absolute Gasteiger partial charge is 0.347 e. The molecule has 106 valence electrons. The molecular weight excluding hydrogens is 266 g/mol. The van der Waals surface area contributed by atoms with E-state index < -0.39 is 0 Å². The topological polar surface area (TPSA) is 59.9 Å². The van der Waals surface area contributed by atoms with Gasteiger partial charge < -0.3 is 4.74 Å². The van der Waals surface area contributed by atoms with Crippen LogP contribution >= 0.6 is 0 Å². The minimum Gasteiger partial charge on any atom is -0.497 e. The molecule has 1 N–H and O–H groups in total. The van der Waals surface area contributed by atoms with Gasteiger partial charge in [-0.3, -0.25) is 0 Å². The Labute approximate surface area is 121 Å². The second-order valence-corrected chi connectivity index (χ2v) is 4.64. The molecule has 0 bridgehead atoms. The summed E-state index contributed by atoms with van der Waals surface area (Å²) < 4.78 is 6.80. The van der Waals surface area contributed by atoms with Crippen LogP contribution < -0.4 is 10.4 Å². The van der Waals surface area contributed by atoms with Crippen molar-refractivity contribution in [2.45, 2.75) is 6.42 Å². The van der Waals surface area contributed by atoms with Crippen molar-refractivity contribution < 1.29 is 4.74 Å². The van der Waals surface area contributed by atoms with Gasteiger partial charge in [0.15, 0.2) is 0 Å². The van der Waals surface area contributed by atoms with E-state index in [1.165, 1.54) is 0 Å². The third kappa shape index (κ3) is 2.72. The summed E-state index contributed by atoms with van der Waals surface area (Å²) in [6.45, 7) is 0. The molecule has 2 aromatic carbocycles. The van der Waals surface area contributed by atoms with Gasteiger partial charge in [0.1, 0.15) is 11.6 Å². The zero-order chi connectivity index (χ0) is 14.7. The maximum absolute atomic E-state index is 12.0. The number of para-hydroxylation sites is 1. The van der Waals surface area contributed by atoms with Crippen LogP contribution in [0.25, 0.3) is 5.69 Å². The van der Waals surface area contributed by atoms with Crippen molar-refractivity contribution in [2.75, 3.05) is 7.11 Å². The van der Waals surface area contributed by atoms with Crippen molar-refractivity contribution in [2.24, 2.45) is 0 Å². The number of benzene rings is 2. The van der Waals surface area contributed by atoms with Crippen molar-refractivity contribution in [3.63, 3.8) is 0 Å². The number of hydrogen-bond donors (Lipinski definition) is 1. The Kier molecular flexibility index (Phi) is 3.55. The molecular formula is C16H15N3O2. The van der Waals surface area contributed by atoms with Gasteiger partial charge >= 0.3 is 5.69 Å². The highest BCUT2D eigenvalue weighted by atomic mass is 16.5. The number of aromatic nitrogens is 3. The standard InChI is InChI=1S/C16H15N3O2/c1-21-14-9-5-6-12(10-14)11-15-17-18-16(20)19(15)13-7-3-2-4-8-13/h2-10H,11H2,1H3,(H,18,20). The van der Waals surface area contributed by atoms with Crippen molar-refractivity contribution in [3.8, 4) is 11.4 Å². The highest BCUT2D eigenvalue weighted by Crippen LogP contribution is 2.16. The lowest BCUT2D eigenvalue weighted by Crippen LogP contribution is -2.17. The van der Waals surface area contributed by atoms with E-state index >= 15 is 0 Å². The fourth-order valence-corrected chi connectivity index (χ4v) is 2.26. The van der Waals surface area contributed by atoms with Crippen LogP contribution in [0.15, 0.2) is 59.4 Å². The van der Waals surface area contributed by atoms with Crippen molar-refractivity contribution in [1.82, 2.24) is 14.8 Å². The summed E-state index contributed by atoms with van der Waals surface area (Å²) >= 11 is 0. The SMILES string of the molecule is COc1cccc(Cc2n[nH]c(=O)n2-c2ccccc2)c1. The molecule has 5 heteroatoms. The minimum atomic E-state index is -0.237. The van der Waals surface area contributed by atoms with E-state index in [9.17, 15) is 4.79 Å². The number of ether oxygens (including phenoxy) is 1. The maximum Gasteiger partial charge on any atom is 0.347 e.